The summed E-state index contributed by atoms with van der Waals surface area (Å²) in [5, 5.41) is 7.83. The van der Waals surface area contributed by atoms with E-state index < -0.39 is 0 Å². The second kappa shape index (κ2) is 5.95. The molecule has 0 aliphatic carbocycles. The van der Waals surface area contributed by atoms with Crippen LogP contribution in [-0.2, 0) is 0 Å². The first-order valence-corrected chi connectivity index (χ1v) is 7.37. The van der Waals surface area contributed by atoms with Crippen LogP contribution in [0.2, 0.25) is 0 Å². The van der Waals surface area contributed by atoms with Gasteiger partial charge in [0.1, 0.15) is 0 Å². The average Bonchev–Trinajstić information content (AvgIpc) is 2.95. The molecular formula is C17H20N4. The minimum Gasteiger partial charge on any atom is -0.385 e. The quantitative estimate of drug-likeness (QED) is 0.771. The molecule has 0 amide bonds. The summed E-state index contributed by atoms with van der Waals surface area (Å²) < 4.78 is 1.87. The summed E-state index contributed by atoms with van der Waals surface area (Å²) in [5.41, 5.74) is 4.20. The first-order chi connectivity index (χ1) is 10.2. The van der Waals surface area contributed by atoms with Gasteiger partial charge in [0.15, 0.2) is 5.65 Å². The first-order valence-electron chi connectivity index (χ1n) is 7.37. The summed E-state index contributed by atoms with van der Waals surface area (Å²) in [5.74, 6) is 0.713. The summed E-state index contributed by atoms with van der Waals surface area (Å²) in [6.45, 7) is 5.47. The van der Waals surface area contributed by atoms with Crippen molar-refractivity contribution in [3.63, 3.8) is 0 Å². The first kappa shape index (κ1) is 13.6. The van der Waals surface area contributed by atoms with Crippen molar-refractivity contribution in [3.8, 4) is 11.3 Å². The second-order valence-corrected chi connectivity index (χ2v) is 5.62. The van der Waals surface area contributed by atoms with Gasteiger partial charge in [-0.25, -0.2) is 9.50 Å². The van der Waals surface area contributed by atoms with Gasteiger partial charge in [-0.3, -0.25) is 0 Å². The fraction of sp³-hybridized carbons (Fsp3) is 0.294. The van der Waals surface area contributed by atoms with Gasteiger partial charge in [-0.2, -0.15) is 5.10 Å². The average molecular weight is 280 g/mol. The third kappa shape index (κ3) is 3.05. The van der Waals surface area contributed by atoms with Crippen LogP contribution in [-0.4, -0.2) is 21.1 Å². The monoisotopic (exact) mass is 280 g/mol. The number of rotatable bonds is 5. The Hall–Kier alpha value is -2.36. The Kier molecular flexibility index (Phi) is 3.86. The van der Waals surface area contributed by atoms with Gasteiger partial charge in [-0.1, -0.05) is 26.0 Å². The number of fused-ring (bicyclic) bond motifs is 1. The summed E-state index contributed by atoms with van der Waals surface area (Å²) >= 11 is 0. The molecule has 0 atom stereocenters. The van der Waals surface area contributed by atoms with Crippen LogP contribution < -0.4 is 5.32 Å². The molecule has 3 rings (SSSR count). The highest BCUT2D eigenvalue weighted by Crippen LogP contribution is 2.22. The molecular weight excluding hydrogens is 260 g/mol. The van der Waals surface area contributed by atoms with Crippen molar-refractivity contribution in [1.82, 2.24) is 14.6 Å². The zero-order valence-electron chi connectivity index (χ0n) is 12.5. The molecule has 4 heteroatoms. The fourth-order valence-electron chi connectivity index (χ4n) is 2.35. The highest BCUT2D eigenvalue weighted by Gasteiger charge is 2.05. The van der Waals surface area contributed by atoms with E-state index in [2.05, 4.69) is 53.5 Å². The van der Waals surface area contributed by atoms with Crippen LogP contribution in [0.4, 0.5) is 5.69 Å². The molecule has 108 valence electrons. The lowest BCUT2D eigenvalue weighted by atomic mass is 10.1. The summed E-state index contributed by atoms with van der Waals surface area (Å²) in [6.07, 6.45) is 4.77. The Morgan fingerprint density at radius 2 is 2.05 bits per heavy atom. The molecule has 0 aliphatic heterocycles. The molecule has 0 spiro atoms. The van der Waals surface area contributed by atoms with Gasteiger partial charge in [0.25, 0.3) is 0 Å². The SMILES string of the molecule is CC(C)CCNc1cccc(-c2ccnc3ccnn23)c1. The van der Waals surface area contributed by atoms with Crippen molar-refractivity contribution in [1.29, 1.82) is 0 Å². The Labute approximate surface area is 124 Å². The number of aromatic nitrogens is 3. The van der Waals surface area contributed by atoms with Crippen LogP contribution in [0.25, 0.3) is 16.9 Å². The smallest absolute Gasteiger partial charge is 0.155 e. The Morgan fingerprint density at radius 3 is 2.90 bits per heavy atom. The van der Waals surface area contributed by atoms with Gasteiger partial charge >= 0.3 is 0 Å². The Bertz CT molecular complexity index is 730. The van der Waals surface area contributed by atoms with E-state index in [9.17, 15) is 0 Å². The fourth-order valence-corrected chi connectivity index (χ4v) is 2.35. The zero-order chi connectivity index (χ0) is 14.7. The summed E-state index contributed by atoms with van der Waals surface area (Å²) in [4.78, 5) is 4.30. The number of benzene rings is 1. The minimum absolute atomic E-state index is 0.713. The van der Waals surface area contributed by atoms with Crippen molar-refractivity contribution in [2.75, 3.05) is 11.9 Å². The van der Waals surface area contributed by atoms with Crippen LogP contribution in [0.3, 0.4) is 0 Å². The molecule has 3 aromatic rings. The molecule has 0 saturated carbocycles. The maximum absolute atomic E-state index is 4.34. The number of nitrogens with one attached hydrogen (secondary N) is 1. The van der Waals surface area contributed by atoms with Crippen LogP contribution >= 0.6 is 0 Å². The standard InChI is InChI=1S/C17H20N4/c1-13(2)6-9-18-15-5-3-4-14(12-15)16-7-10-19-17-8-11-20-21(16)17/h3-5,7-8,10-13,18H,6,9H2,1-2H3. The maximum atomic E-state index is 4.34. The molecule has 21 heavy (non-hydrogen) atoms. The Morgan fingerprint density at radius 1 is 1.14 bits per heavy atom. The second-order valence-electron chi connectivity index (χ2n) is 5.62. The van der Waals surface area contributed by atoms with E-state index in [0.29, 0.717) is 5.92 Å². The lowest BCUT2D eigenvalue weighted by Gasteiger charge is -2.10. The number of hydrogen-bond acceptors (Lipinski definition) is 3. The lowest BCUT2D eigenvalue weighted by Crippen LogP contribution is -2.04. The lowest BCUT2D eigenvalue weighted by molar-refractivity contribution is 0.607. The summed E-state index contributed by atoms with van der Waals surface area (Å²) in [6, 6.07) is 12.3. The maximum Gasteiger partial charge on any atom is 0.155 e. The Balaban J connectivity index is 1.87. The predicted octanol–water partition coefficient (Wildman–Crippen LogP) is 3.85. The highest BCUT2D eigenvalue weighted by atomic mass is 15.2. The minimum atomic E-state index is 0.713. The van der Waals surface area contributed by atoms with Gasteiger partial charge in [0.2, 0.25) is 0 Å². The van der Waals surface area contributed by atoms with E-state index in [1.54, 1.807) is 6.20 Å². The number of hydrogen-bond donors (Lipinski definition) is 1. The van der Waals surface area contributed by atoms with E-state index in [1.165, 1.54) is 6.42 Å². The zero-order valence-corrected chi connectivity index (χ0v) is 12.5. The normalized spacial score (nSPS) is 11.2. The van der Waals surface area contributed by atoms with E-state index >= 15 is 0 Å². The van der Waals surface area contributed by atoms with Gasteiger partial charge in [-0.05, 0) is 30.5 Å². The van der Waals surface area contributed by atoms with Crippen molar-refractivity contribution >= 4 is 11.3 Å². The van der Waals surface area contributed by atoms with E-state index in [4.69, 9.17) is 0 Å². The number of anilines is 1. The molecule has 2 aromatic heterocycles. The highest BCUT2D eigenvalue weighted by molar-refractivity contribution is 5.67. The van der Waals surface area contributed by atoms with E-state index in [0.717, 1.165) is 29.1 Å². The third-order valence-corrected chi connectivity index (χ3v) is 3.50. The molecule has 0 radical (unpaired) electrons. The molecule has 0 aliphatic rings. The molecule has 0 fully saturated rings. The van der Waals surface area contributed by atoms with Crippen molar-refractivity contribution in [2.45, 2.75) is 20.3 Å². The summed E-state index contributed by atoms with van der Waals surface area (Å²) in [7, 11) is 0. The molecule has 4 nitrogen and oxygen atoms in total. The van der Waals surface area contributed by atoms with Crippen LogP contribution in [0.1, 0.15) is 20.3 Å². The molecule has 0 bridgehead atoms. The molecule has 2 heterocycles. The van der Waals surface area contributed by atoms with E-state index in [-0.39, 0.29) is 0 Å². The largest absolute Gasteiger partial charge is 0.385 e. The van der Waals surface area contributed by atoms with Gasteiger partial charge in [-0.15, -0.1) is 0 Å². The van der Waals surface area contributed by atoms with Gasteiger partial charge < -0.3 is 5.32 Å². The number of nitrogens with zero attached hydrogens (tertiary/aromatic N) is 3. The van der Waals surface area contributed by atoms with Gasteiger partial charge in [0.05, 0.1) is 11.9 Å². The molecule has 0 saturated heterocycles. The van der Waals surface area contributed by atoms with Crippen LogP contribution in [0.15, 0.2) is 48.8 Å². The van der Waals surface area contributed by atoms with Crippen LogP contribution in [0, 0.1) is 5.92 Å². The van der Waals surface area contributed by atoms with Crippen molar-refractivity contribution < 1.29 is 0 Å². The third-order valence-electron chi connectivity index (χ3n) is 3.50. The topological polar surface area (TPSA) is 42.2 Å². The molecule has 1 aromatic carbocycles. The molecule has 0 unspecified atom stereocenters. The van der Waals surface area contributed by atoms with Crippen molar-refractivity contribution in [3.05, 3.63) is 48.8 Å². The van der Waals surface area contributed by atoms with Gasteiger partial charge in [0, 0.05) is 30.1 Å². The van der Waals surface area contributed by atoms with Crippen molar-refractivity contribution in [2.24, 2.45) is 5.92 Å². The predicted molar refractivity (Wildman–Crippen MR) is 86.4 cm³/mol. The molecule has 1 N–H and O–H groups in total. The van der Waals surface area contributed by atoms with Crippen LogP contribution in [0.5, 0.6) is 0 Å². The van der Waals surface area contributed by atoms with E-state index in [1.807, 2.05) is 22.8 Å².